The van der Waals surface area contributed by atoms with E-state index in [2.05, 4.69) is 55.4 Å². The first-order valence-electron chi connectivity index (χ1n) is 15.6. The molecule has 0 fully saturated rings. The molecule has 246 valence electrons. The van der Waals surface area contributed by atoms with Gasteiger partial charge >= 0.3 is 0 Å². The zero-order valence-corrected chi connectivity index (χ0v) is 25.9. The van der Waals surface area contributed by atoms with E-state index in [1.807, 2.05) is 12.2 Å². The van der Waals surface area contributed by atoms with Crippen molar-refractivity contribution in [1.29, 1.82) is 0 Å². The maximum atomic E-state index is 10.0. The second-order valence-corrected chi connectivity index (χ2v) is 13.2. The molecule has 2 spiro atoms. The second kappa shape index (κ2) is 12.3. The van der Waals surface area contributed by atoms with Crippen LogP contribution in [0.3, 0.4) is 0 Å². The predicted octanol–water partition coefficient (Wildman–Crippen LogP) is 5.25. The van der Waals surface area contributed by atoms with E-state index in [9.17, 15) is 10.2 Å². The van der Waals surface area contributed by atoms with Crippen LogP contribution in [-0.2, 0) is 23.9 Å². The van der Waals surface area contributed by atoms with Gasteiger partial charge in [0.05, 0.1) is 37.3 Å². The van der Waals surface area contributed by atoms with Crippen molar-refractivity contribution in [3.05, 3.63) is 69.8 Å². The van der Waals surface area contributed by atoms with Gasteiger partial charge in [0, 0.05) is 37.1 Å². The van der Waals surface area contributed by atoms with Crippen molar-refractivity contribution >= 4 is 0 Å². The van der Waals surface area contributed by atoms with Gasteiger partial charge in [-0.3, -0.25) is 0 Å². The summed E-state index contributed by atoms with van der Waals surface area (Å²) in [5.41, 5.74) is 7.52. The Balaban J connectivity index is 0.000000170. The molecule has 6 aliphatic rings. The Morgan fingerprint density at radius 2 is 1.33 bits per heavy atom. The third-order valence-corrected chi connectivity index (χ3v) is 10.7. The summed E-state index contributed by atoms with van der Waals surface area (Å²) in [6, 6.07) is 4.14. The monoisotopic (exact) mass is 620 g/mol. The Hall–Kier alpha value is -3.04. The number of ether oxygens (including phenoxy) is 4. The highest BCUT2D eigenvalue weighted by molar-refractivity contribution is 5.64. The van der Waals surface area contributed by atoms with Crippen molar-refractivity contribution in [2.45, 2.75) is 103 Å². The van der Waals surface area contributed by atoms with Gasteiger partial charge in [-0.05, 0) is 81.2 Å². The zero-order valence-electron chi connectivity index (χ0n) is 25.9. The normalized spacial score (nSPS) is 31.4. The number of nitrogens with one attached hydrogen (secondary N) is 1. The molecule has 4 aliphatic heterocycles. The molecule has 0 aromatic heterocycles. The molecule has 0 saturated carbocycles. The minimum absolute atomic E-state index is 0. The molecule has 0 amide bonds. The van der Waals surface area contributed by atoms with Gasteiger partial charge in [-0.25, -0.2) is 0 Å². The van der Waals surface area contributed by atoms with Crippen LogP contribution in [0.25, 0.3) is 0 Å². The topological polar surface area (TPSA) is 92.7 Å². The van der Waals surface area contributed by atoms with Crippen LogP contribution >= 0.6 is 0 Å². The van der Waals surface area contributed by atoms with Gasteiger partial charge in [0.25, 0.3) is 0 Å². The zero-order chi connectivity index (χ0) is 30.1. The molecule has 6 atom stereocenters. The SMILES string of the molecule is C.C.COc1cc(C)c2c3c1OC1C[C@H](O)C=CC31CCN(C)C2.COc1cc(C)c2c3c1OC1C[C@H](O)C=CC31CCNC2. The molecule has 45 heavy (non-hydrogen) atoms. The maximum Gasteiger partial charge on any atom is 0.166 e. The molecule has 4 heterocycles. The molecule has 8 nitrogen and oxygen atoms in total. The number of nitrogens with zero attached hydrogens (tertiary/aromatic N) is 1. The minimum atomic E-state index is -0.415. The molecule has 3 N–H and O–H groups in total. The summed E-state index contributed by atoms with van der Waals surface area (Å²) in [6.45, 7) is 8.07. The van der Waals surface area contributed by atoms with Gasteiger partial charge in [-0.2, -0.15) is 0 Å². The van der Waals surface area contributed by atoms with Crippen LogP contribution in [0.2, 0.25) is 0 Å². The van der Waals surface area contributed by atoms with Gasteiger partial charge in [-0.15, -0.1) is 0 Å². The van der Waals surface area contributed by atoms with Gasteiger partial charge < -0.3 is 39.4 Å². The first kappa shape index (κ1) is 33.3. The van der Waals surface area contributed by atoms with E-state index >= 15 is 0 Å². The summed E-state index contributed by atoms with van der Waals surface area (Å²) in [7, 11) is 5.56. The average Bonchev–Trinajstić information content (AvgIpc) is 3.34. The fourth-order valence-electron chi connectivity index (χ4n) is 8.42. The minimum Gasteiger partial charge on any atom is -0.493 e. The summed E-state index contributed by atoms with van der Waals surface area (Å²) in [6.07, 6.45) is 10.7. The number of hydrogen-bond donors (Lipinski definition) is 3. The van der Waals surface area contributed by atoms with Crippen LogP contribution in [0.4, 0.5) is 0 Å². The Morgan fingerprint density at radius 1 is 0.822 bits per heavy atom. The largest absolute Gasteiger partial charge is 0.493 e. The van der Waals surface area contributed by atoms with E-state index in [0.29, 0.717) is 12.8 Å². The molecule has 0 bridgehead atoms. The molecule has 2 aromatic carbocycles. The number of rotatable bonds is 2. The van der Waals surface area contributed by atoms with Crippen LogP contribution < -0.4 is 24.3 Å². The van der Waals surface area contributed by atoms with Gasteiger partial charge in [-0.1, -0.05) is 39.2 Å². The van der Waals surface area contributed by atoms with Crippen molar-refractivity contribution in [3.63, 3.8) is 0 Å². The van der Waals surface area contributed by atoms with Crippen LogP contribution in [0, 0.1) is 13.8 Å². The van der Waals surface area contributed by atoms with E-state index in [4.69, 9.17) is 18.9 Å². The first-order chi connectivity index (χ1) is 20.7. The average molecular weight is 621 g/mol. The number of benzene rings is 2. The quantitative estimate of drug-likeness (QED) is 0.393. The fourth-order valence-corrected chi connectivity index (χ4v) is 8.42. The lowest BCUT2D eigenvalue weighted by Crippen LogP contribution is -2.42. The van der Waals surface area contributed by atoms with Gasteiger partial charge in [0.2, 0.25) is 0 Å². The third-order valence-electron chi connectivity index (χ3n) is 10.7. The number of aliphatic hydroxyl groups excluding tert-OH is 2. The molecular weight excluding hydrogens is 568 g/mol. The lowest BCUT2D eigenvalue weighted by atomic mass is 9.68. The van der Waals surface area contributed by atoms with Gasteiger partial charge in [0.15, 0.2) is 23.0 Å². The standard InChI is InChI=1S/C18H23NO3.C17H21NO3.2CH4/c1-11-8-14(21-3)17-16-13(11)10-19(2)7-6-18(16)5-4-12(20)9-15(18)22-17;1-10-7-13(20-2)16-15-12(10)9-18-6-5-17(15)4-3-11(19)8-14(17)21-16;;/h4-5,8,12,15,20H,6-7,9-10H2,1-3H3;3-4,7,11,14,18-19H,5-6,8-9H2,1-2H3;2*1H4/t12-,15?,18?;11-,14?,17?;;/m11../s1. The Labute approximate surface area is 269 Å². The first-order valence-corrected chi connectivity index (χ1v) is 15.6. The van der Waals surface area contributed by atoms with Gasteiger partial charge in [0.1, 0.15) is 12.2 Å². The van der Waals surface area contributed by atoms with Crippen molar-refractivity contribution in [2.75, 3.05) is 34.4 Å². The second-order valence-electron chi connectivity index (χ2n) is 13.2. The van der Waals surface area contributed by atoms with Crippen LogP contribution in [0.1, 0.15) is 73.9 Å². The molecule has 4 unspecified atom stereocenters. The van der Waals surface area contributed by atoms with Crippen molar-refractivity contribution in [1.82, 2.24) is 10.2 Å². The van der Waals surface area contributed by atoms with E-state index in [0.717, 1.165) is 62.0 Å². The summed E-state index contributed by atoms with van der Waals surface area (Å²) < 4.78 is 23.7. The summed E-state index contributed by atoms with van der Waals surface area (Å²) in [4.78, 5) is 2.37. The number of aliphatic hydroxyl groups is 2. The number of methoxy groups -OCH3 is 2. The fraction of sp³-hybridized carbons (Fsp3) is 0.568. The molecule has 8 heteroatoms. The molecule has 0 saturated heterocycles. The number of hydrogen-bond acceptors (Lipinski definition) is 8. The predicted molar refractivity (Wildman–Crippen MR) is 178 cm³/mol. The van der Waals surface area contributed by atoms with E-state index in [1.165, 1.54) is 33.4 Å². The molecule has 2 aliphatic carbocycles. The van der Waals surface area contributed by atoms with Crippen LogP contribution in [-0.4, -0.2) is 73.9 Å². The summed E-state index contributed by atoms with van der Waals surface area (Å²) in [5, 5.41) is 23.5. The molecule has 2 aromatic rings. The maximum absolute atomic E-state index is 10.0. The van der Waals surface area contributed by atoms with E-state index < -0.39 is 12.2 Å². The Kier molecular flexibility index (Phi) is 9.10. The van der Waals surface area contributed by atoms with Crippen molar-refractivity contribution in [2.24, 2.45) is 0 Å². The molecule has 0 radical (unpaired) electrons. The summed E-state index contributed by atoms with van der Waals surface area (Å²) in [5.74, 6) is 3.40. The Morgan fingerprint density at radius 3 is 1.89 bits per heavy atom. The third kappa shape index (κ3) is 5.05. The van der Waals surface area contributed by atoms with E-state index in [1.54, 1.807) is 14.2 Å². The van der Waals surface area contributed by atoms with E-state index in [-0.39, 0.29) is 37.9 Å². The molecule has 8 rings (SSSR count). The Bertz CT molecular complexity index is 1500. The van der Waals surface area contributed by atoms with Crippen LogP contribution in [0.5, 0.6) is 23.0 Å². The lowest BCUT2D eigenvalue weighted by Gasteiger charge is -2.35. The lowest BCUT2D eigenvalue weighted by molar-refractivity contribution is 0.0821. The van der Waals surface area contributed by atoms with Crippen molar-refractivity contribution in [3.8, 4) is 23.0 Å². The number of aryl methyl sites for hydroxylation is 2. The van der Waals surface area contributed by atoms with Crippen molar-refractivity contribution < 1.29 is 29.2 Å². The smallest absolute Gasteiger partial charge is 0.166 e. The highest BCUT2D eigenvalue weighted by Crippen LogP contribution is 2.57. The molecular formula is C37H52N2O6. The summed E-state index contributed by atoms with van der Waals surface area (Å²) >= 11 is 0. The highest BCUT2D eigenvalue weighted by atomic mass is 16.5. The van der Waals surface area contributed by atoms with Crippen LogP contribution in [0.15, 0.2) is 36.4 Å². The highest BCUT2D eigenvalue weighted by Gasteiger charge is 2.54.